The predicted molar refractivity (Wildman–Crippen MR) is 81.1 cm³/mol. The predicted octanol–water partition coefficient (Wildman–Crippen LogP) is 1.24. The molecule has 2 aromatic rings. The van der Waals surface area contributed by atoms with Crippen LogP contribution in [0.2, 0.25) is 0 Å². The van der Waals surface area contributed by atoms with Crippen LogP contribution in [-0.2, 0) is 6.54 Å². The molecule has 1 aliphatic rings. The number of rotatable bonds is 3. The van der Waals surface area contributed by atoms with E-state index in [1.165, 1.54) is 11.3 Å². The molecule has 1 fully saturated rings. The van der Waals surface area contributed by atoms with Crippen LogP contribution in [0.25, 0.3) is 4.96 Å². The number of hydrogen-bond acceptors (Lipinski definition) is 5. The first-order valence-electron chi connectivity index (χ1n) is 6.90. The van der Waals surface area contributed by atoms with Gasteiger partial charge in [0.25, 0.3) is 5.56 Å². The summed E-state index contributed by atoms with van der Waals surface area (Å²) in [5.41, 5.74) is 7.87. The van der Waals surface area contributed by atoms with E-state index in [-0.39, 0.29) is 11.0 Å². The molecule has 0 amide bonds. The van der Waals surface area contributed by atoms with Crippen molar-refractivity contribution in [3.63, 3.8) is 0 Å². The average Bonchev–Trinajstić information content (AvgIpc) is 2.95. The number of hydrogen-bond donors (Lipinski definition) is 1. The Hall–Kier alpha value is -1.24. The Morgan fingerprint density at radius 2 is 2.35 bits per heavy atom. The van der Waals surface area contributed by atoms with Crippen LogP contribution in [0.3, 0.4) is 0 Å². The van der Waals surface area contributed by atoms with Crippen molar-refractivity contribution in [3.8, 4) is 0 Å². The Morgan fingerprint density at radius 3 is 3.05 bits per heavy atom. The highest BCUT2D eigenvalue weighted by atomic mass is 32.1. The molecule has 6 heteroatoms. The van der Waals surface area contributed by atoms with Crippen molar-refractivity contribution in [2.75, 3.05) is 19.6 Å². The third-order valence-electron chi connectivity index (χ3n) is 4.14. The summed E-state index contributed by atoms with van der Waals surface area (Å²) in [6.07, 6.45) is 1.11. The lowest BCUT2D eigenvalue weighted by atomic mass is 9.90. The van der Waals surface area contributed by atoms with E-state index in [2.05, 4.69) is 16.8 Å². The van der Waals surface area contributed by atoms with Crippen LogP contribution in [-0.4, -0.2) is 33.9 Å². The van der Waals surface area contributed by atoms with E-state index in [0.717, 1.165) is 42.4 Å². The molecule has 1 aliphatic heterocycles. The second-order valence-corrected chi connectivity index (χ2v) is 6.89. The van der Waals surface area contributed by atoms with Gasteiger partial charge in [0.1, 0.15) is 0 Å². The summed E-state index contributed by atoms with van der Waals surface area (Å²) >= 11 is 1.52. The largest absolute Gasteiger partial charge is 0.330 e. The summed E-state index contributed by atoms with van der Waals surface area (Å²) in [6.45, 7) is 7.60. The monoisotopic (exact) mass is 292 g/mol. The van der Waals surface area contributed by atoms with E-state index >= 15 is 0 Å². The van der Waals surface area contributed by atoms with E-state index < -0.39 is 0 Å². The van der Waals surface area contributed by atoms with Gasteiger partial charge in [0.2, 0.25) is 0 Å². The molecule has 3 heterocycles. The molecular formula is C14H20N4OS. The first-order chi connectivity index (χ1) is 9.50. The number of thiazole rings is 1. The number of nitrogens with zero attached hydrogens (tertiary/aromatic N) is 3. The highest BCUT2D eigenvalue weighted by Gasteiger charge is 2.32. The van der Waals surface area contributed by atoms with Gasteiger partial charge in [-0.05, 0) is 31.8 Å². The highest BCUT2D eigenvalue weighted by molar-refractivity contribution is 7.15. The van der Waals surface area contributed by atoms with Crippen molar-refractivity contribution in [2.24, 2.45) is 11.1 Å². The number of nitrogens with two attached hydrogens (primary N) is 1. The molecule has 20 heavy (non-hydrogen) atoms. The van der Waals surface area contributed by atoms with Gasteiger partial charge in [0.15, 0.2) is 4.96 Å². The number of aryl methyl sites for hydroxylation is 1. The molecule has 1 atom stereocenters. The first kappa shape index (κ1) is 13.7. The van der Waals surface area contributed by atoms with E-state index in [0.29, 0.717) is 6.54 Å². The topological polar surface area (TPSA) is 63.6 Å². The fourth-order valence-corrected chi connectivity index (χ4v) is 3.73. The first-order valence-corrected chi connectivity index (χ1v) is 7.78. The molecule has 108 valence electrons. The molecule has 2 N–H and O–H groups in total. The molecule has 0 aromatic carbocycles. The van der Waals surface area contributed by atoms with Gasteiger partial charge in [0.05, 0.1) is 5.69 Å². The maximum absolute atomic E-state index is 12.1. The summed E-state index contributed by atoms with van der Waals surface area (Å²) in [5, 5.41) is 1.97. The van der Waals surface area contributed by atoms with Gasteiger partial charge >= 0.3 is 0 Å². The van der Waals surface area contributed by atoms with Crippen LogP contribution in [0, 0.1) is 12.3 Å². The second-order valence-electron chi connectivity index (χ2n) is 6.06. The van der Waals surface area contributed by atoms with Gasteiger partial charge in [-0.2, -0.15) is 0 Å². The van der Waals surface area contributed by atoms with Crippen LogP contribution in [0.5, 0.6) is 0 Å². The third kappa shape index (κ3) is 2.39. The molecule has 0 saturated carbocycles. The van der Waals surface area contributed by atoms with Crippen molar-refractivity contribution in [1.29, 1.82) is 0 Å². The van der Waals surface area contributed by atoms with Gasteiger partial charge in [-0.1, -0.05) is 6.92 Å². The zero-order valence-corrected chi connectivity index (χ0v) is 12.7. The fraction of sp³-hybridized carbons (Fsp3) is 0.571. The van der Waals surface area contributed by atoms with Crippen LogP contribution < -0.4 is 11.3 Å². The Balaban J connectivity index is 1.84. The quantitative estimate of drug-likeness (QED) is 0.924. The summed E-state index contributed by atoms with van der Waals surface area (Å²) in [6, 6.07) is 1.66. The zero-order valence-electron chi connectivity index (χ0n) is 11.9. The summed E-state index contributed by atoms with van der Waals surface area (Å²) < 4.78 is 1.67. The van der Waals surface area contributed by atoms with E-state index in [1.54, 1.807) is 10.5 Å². The molecule has 3 rings (SSSR count). The average molecular weight is 292 g/mol. The zero-order chi connectivity index (χ0) is 14.3. The van der Waals surface area contributed by atoms with Gasteiger partial charge in [-0.15, -0.1) is 11.3 Å². The van der Waals surface area contributed by atoms with Gasteiger partial charge in [0, 0.05) is 30.2 Å². The van der Waals surface area contributed by atoms with Crippen molar-refractivity contribution in [2.45, 2.75) is 26.8 Å². The molecule has 0 radical (unpaired) electrons. The van der Waals surface area contributed by atoms with E-state index in [4.69, 9.17) is 5.73 Å². The molecule has 2 aromatic heterocycles. The van der Waals surface area contributed by atoms with Crippen molar-refractivity contribution in [3.05, 3.63) is 33.2 Å². The van der Waals surface area contributed by atoms with Crippen LogP contribution in [0.1, 0.15) is 24.7 Å². The number of fused-ring (bicyclic) bond motifs is 1. The van der Waals surface area contributed by atoms with Crippen molar-refractivity contribution < 1.29 is 0 Å². The Kier molecular flexibility index (Phi) is 3.40. The van der Waals surface area contributed by atoms with E-state index in [1.807, 2.05) is 12.3 Å². The standard InChI is InChI=1S/C14H20N4OS/c1-10-7-20-13-16-11(5-12(19)18(10)13)6-17-4-3-14(2,8-15)9-17/h5,7H,3-4,6,8-9,15H2,1-2H3. The van der Waals surface area contributed by atoms with Crippen molar-refractivity contribution in [1.82, 2.24) is 14.3 Å². The van der Waals surface area contributed by atoms with Gasteiger partial charge in [-0.25, -0.2) is 4.98 Å². The molecule has 1 unspecified atom stereocenters. The Labute approximate surface area is 122 Å². The Morgan fingerprint density at radius 1 is 1.55 bits per heavy atom. The van der Waals surface area contributed by atoms with Crippen LogP contribution in [0.4, 0.5) is 0 Å². The van der Waals surface area contributed by atoms with Crippen LogP contribution in [0.15, 0.2) is 16.2 Å². The highest BCUT2D eigenvalue weighted by Crippen LogP contribution is 2.29. The van der Waals surface area contributed by atoms with E-state index in [9.17, 15) is 4.79 Å². The lowest BCUT2D eigenvalue weighted by molar-refractivity contribution is 0.272. The van der Waals surface area contributed by atoms with Crippen molar-refractivity contribution >= 4 is 16.3 Å². The summed E-state index contributed by atoms with van der Waals surface area (Å²) in [4.78, 5) is 19.9. The molecule has 0 aliphatic carbocycles. The molecular weight excluding hydrogens is 272 g/mol. The third-order valence-corrected chi connectivity index (χ3v) is 5.09. The Bertz CT molecular complexity index is 692. The maximum atomic E-state index is 12.1. The lowest BCUT2D eigenvalue weighted by Crippen LogP contribution is -2.31. The lowest BCUT2D eigenvalue weighted by Gasteiger charge is -2.22. The minimum atomic E-state index is 0.0181. The molecule has 0 spiro atoms. The molecule has 5 nitrogen and oxygen atoms in total. The molecule has 0 bridgehead atoms. The number of likely N-dealkylation sites (tertiary alicyclic amines) is 1. The SMILES string of the molecule is Cc1csc2nc(CN3CCC(C)(CN)C3)cc(=O)n12. The summed E-state index contributed by atoms with van der Waals surface area (Å²) in [7, 11) is 0. The maximum Gasteiger partial charge on any atom is 0.259 e. The summed E-state index contributed by atoms with van der Waals surface area (Å²) in [5.74, 6) is 0. The smallest absolute Gasteiger partial charge is 0.259 e. The van der Waals surface area contributed by atoms with Gasteiger partial charge < -0.3 is 5.73 Å². The minimum Gasteiger partial charge on any atom is -0.330 e. The molecule has 1 saturated heterocycles. The number of aromatic nitrogens is 2. The minimum absolute atomic E-state index is 0.0181. The fourth-order valence-electron chi connectivity index (χ4n) is 2.84. The van der Waals surface area contributed by atoms with Crippen LogP contribution >= 0.6 is 11.3 Å². The van der Waals surface area contributed by atoms with Gasteiger partial charge in [-0.3, -0.25) is 14.1 Å². The second kappa shape index (κ2) is 4.95. The normalized spacial score (nSPS) is 23.8.